The van der Waals surface area contributed by atoms with E-state index in [-0.39, 0.29) is 0 Å². The molecule has 3 unspecified atom stereocenters. The van der Waals surface area contributed by atoms with Crippen molar-refractivity contribution >= 4 is 0 Å². The highest BCUT2D eigenvalue weighted by Gasteiger charge is 2.31. The van der Waals surface area contributed by atoms with Crippen molar-refractivity contribution in [3.63, 3.8) is 0 Å². The van der Waals surface area contributed by atoms with E-state index in [0.717, 1.165) is 17.9 Å². The number of hydrogen-bond acceptors (Lipinski definition) is 2. The van der Waals surface area contributed by atoms with Gasteiger partial charge in [-0.25, -0.2) is 0 Å². The highest BCUT2D eigenvalue weighted by molar-refractivity contribution is 4.89. The molecule has 3 atom stereocenters. The lowest BCUT2D eigenvalue weighted by Gasteiger charge is -2.35. The molecule has 1 aliphatic heterocycles. The fourth-order valence-corrected chi connectivity index (χ4v) is 2.38. The Morgan fingerprint density at radius 1 is 1.29 bits per heavy atom. The third kappa shape index (κ3) is 2.48. The average molecular weight is 198 g/mol. The second-order valence-electron chi connectivity index (χ2n) is 5.04. The first-order chi connectivity index (χ1) is 6.57. The van der Waals surface area contributed by atoms with Crippen molar-refractivity contribution in [3.05, 3.63) is 0 Å². The Balaban J connectivity index is 2.54. The third-order valence-electron chi connectivity index (χ3n) is 3.96. The largest absolute Gasteiger partial charge is 0.315 e. The molecule has 84 valence electrons. The third-order valence-corrected chi connectivity index (χ3v) is 3.96. The van der Waals surface area contributed by atoms with E-state index in [4.69, 9.17) is 0 Å². The molecule has 1 fully saturated rings. The lowest BCUT2D eigenvalue weighted by molar-refractivity contribution is 0.128. The van der Waals surface area contributed by atoms with Crippen molar-refractivity contribution < 1.29 is 0 Å². The first kappa shape index (κ1) is 12.0. The van der Waals surface area contributed by atoms with E-state index in [2.05, 4.69) is 45.0 Å². The Labute approximate surface area is 89.1 Å². The maximum atomic E-state index is 3.51. The number of rotatable bonds is 4. The van der Waals surface area contributed by atoms with Gasteiger partial charge in [-0.1, -0.05) is 27.2 Å². The Bertz CT molecular complexity index is 168. The van der Waals surface area contributed by atoms with Gasteiger partial charge in [0.25, 0.3) is 0 Å². The van der Waals surface area contributed by atoms with Crippen molar-refractivity contribution in [2.45, 2.75) is 46.2 Å². The minimum atomic E-state index is 0.689. The molecular weight excluding hydrogens is 172 g/mol. The van der Waals surface area contributed by atoms with Crippen LogP contribution in [0.15, 0.2) is 0 Å². The Kier molecular flexibility index (Phi) is 4.39. The fourth-order valence-electron chi connectivity index (χ4n) is 2.38. The summed E-state index contributed by atoms with van der Waals surface area (Å²) >= 11 is 0. The molecule has 0 aliphatic carbocycles. The fraction of sp³-hybridized carbons (Fsp3) is 1.00. The molecule has 1 rings (SSSR count). The summed E-state index contributed by atoms with van der Waals surface area (Å²) in [5, 5.41) is 3.51. The summed E-state index contributed by atoms with van der Waals surface area (Å²) < 4.78 is 0. The highest BCUT2D eigenvalue weighted by Crippen LogP contribution is 2.21. The second-order valence-corrected chi connectivity index (χ2v) is 5.04. The summed E-state index contributed by atoms with van der Waals surface area (Å²) in [5.74, 6) is 1.60. The normalized spacial score (nSPS) is 30.2. The van der Waals surface area contributed by atoms with Crippen LogP contribution in [0.5, 0.6) is 0 Å². The Morgan fingerprint density at radius 2 is 1.93 bits per heavy atom. The number of nitrogens with zero attached hydrogens (tertiary/aromatic N) is 1. The van der Waals surface area contributed by atoms with Gasteiger partial charge < -0.3 is 5.32 Å². The van der Waals surface area contributed by atoms with Crippen molar-refractivity contribution in [1.82, 2.24) is 10.2 Å². The van der Waals surface area contributed by atoms with Crippen molar-refractivity contribution in [1.29, 1.82) is 0 Å². The summed E-state index contributed by atoms with van der Waals surface area (Å²) in [4.78, 5) is 2.57. The molecule has 1 heterocycles. The zero-order valence-electron chi connectivity index (χ0n) is 10.4. The maximum Gasteiger partial charge on any atom is 0.0260 e. The van der Waals surface area contributed by atoms with Crippen LogP contribution in [0.4, 0.5) is 0 Å². The van der Waals surface area contributed by atoms with E-state index in [1.165, 1.54) is 19.5 Å². The molecule has 1 N–H and O–H groups in total. The SMILES string of the molecule is CCC1CNCC1N(C)C(C)C(C)C. The predicted molar refractivity (Wildman–Crippen MR) is 62.5 cm³/mol. The molecule has 14 heavy (non-hydrogen) atoms. The minimum absolute atomic E-state index is 0.689. The molecule has 1 saturated heterocycles. The van der Waals surface area contributed by atoms with Crippen LogP contribution in [0, 0.1) is 11.8 Å². The van der Waals surface area contributed by atoms with E-state index >= 15 is 0 Å². The van der Waals surface area contributed by atoms with Crippen LogP contribution >= 0.6 is 0 Å². The summed E-state index contributed by atoms with van der Waals surface area (Å²) in [6.07, 6.45) is 1.30. The molecule has 0 bridgehead atoms. The molecule has 0 amide bonds. The first-order valence-corrected chi connectivity index (χ1v) is 6.00. The van der Waals surface area contributed by atoms with Crippen LogP contribution in [0.3, 0.4) is 0 Å². The zero-order chi connectivity index (χ0) is 10.7. The molecule has 0 aromatic carbocycles. The Hall–Kier alpha value is -0.0800. The van der Waals surface area contributed by atoms with Crippen molar-refractivity contribution in [3.8, 4) is 0 Å². The molecule has 0 aromatic rings. The van der Waals surface area contributed by atoms with Crippen molar-refractivity contribution in [2.75, 3.05) is 20.1 Å². The van der Waals surface area contributed by atoms with Crippen molar-refractivity contribution in [2.24, 2.45) is 11.8 Å². The van der Waals surface area contributed by atoms with E-state index in [9.17, 15) is 0 Å². The van der Waals surface area contributed by atoms with Gasteiger partial charge in [0.15, 0.2) is 0 Å². The smallest absolute Gasteiger partial charge is 0.0260 e. The maximum absolute atomic E-state index is 3.51. The number of nitrogens with one attached hydrogen (secondary N) is 1. The monoisotopic (exact) mass is 198 g/mol. The van der Waals surface area contributed by atoms with Crippen LogP contribution in [0.1, 0.15) is 34.1 Å². The van der Waals surface area contributed by atoms with E-state index in [1.807, 2.05) is 0 Å². The first-order valence-electron chi connectivity index (χ1n) is 6.00. The summed E-state index contributed by atoms with van der Waals surface area (Å²) in [6.45, 7) is 11.6. The minimum Gasteiger partial charge on any atom is -0.315 e. The van der Waals surface area contributed by atoms with Gasteiger partial charge in [0, 0.05) is 18.6 Å². The van der Waals surface area contributed by atoms with Crippen LogP contribution in [0.25, 0.3) is 0 Å². The Morgan fingerprint density at radius 3 is 2.43 bits per heavy atom. The lowest BCUT2D eigenvalue weighted by Crippen LogP contribution is -2.45. The summed E-state index contributed by atoms with van der Waals surface area (Å²) in [5.41, 5.74) is 0. The van der Waals surface area contributed by atoms with Gasteiger partial charge in [0.05, 0.1) is 0 Å². The van der Waals surface area contributed by atoms with Gasteiger partial charge in [0.1, 0.15) is 0 Å². The highest BCUT2D eigenvalue weighted by atomic mass is 15.2. The second kappa shape index (κ2) is 5.13. The molecular formula is C12H26N2. The van der Waals surface area contributed by atoms with Gasteiger partial charge in [-0.3, -0.25) is 4.90 Å². The molecule has 0 aromatic heterocycles. The molecule has 2 heteroatoms. The van der Waals surface area contributed by atoms with Crippen LogP contribution in [0.2, 0.25) is 0 Å². The molecule has 2 nitrogen and oxygen atoms in total. The zero-order valence-corrected chi connectivity index (χ0v) is 10.4. The molecule has 0 radical (unpaired) electrons. The summed E-state index contributed by atoms with van der Waals surface area (Å²) in [6, 6.07) is 1.44. The molecule has 1 aliphatic rings. The van der Waals surface area contributed by atoms with Gasteiger partial charge >= 0.3 is 0 Å². The topological polar surface area (TPSA) is 15.3 Å². The van der Waals surface area contributed by atoms with Crippen LogP contribution in [-0.2, 0) is 0 Å². The van der Waals surface area contributed by atoms with E-state index in [0.29, 0.717) is 6.04 Å². The van der Waals surface area contributed by atoms with Crippen LogP contribution in [-0.4, -0.2) is 37.1 Å². The summed E-state index contributed by atoms with van der Waals surface area (Å²) in [7, 11) is 2.28. The lowest BCUT2D eigenvalue weighted by atomic mass is 9.96. The molecule has 0 saturated carbocycles. The van der Waals surface area contributed by atoms with Gasteiger partial charge in [-0.05, 0) is 32.4 Å². The van der Waals surface area contributed by atoms with Gasteiger partial charge in [-0.2, -0.15) is 0 Å². The van der Waals surface area contributed by atoms with Crippen LogP contribution < -0.4 is 5.32 Å². The predicted octanol–water partition coefficient (Wildman–Crippen LogP) is 1.96. The van der Waals surface area contributed by atoms with E-state index in [1.54, 1.807) is 0 Å². The number of likely N-dealkylation sites (N-methyl/N-ethyl adjacent to an activating group) is 1. The quantitative estimate of drug-likeness (QED) is 0.743. The molecule has 0 spiro atoms. The van der Waals surface area contributed by atoms with Gasteiger partial charge in [-0.15, -0.1) is 0 Å². The average Bonchev–Trinajstić information content (AvgIpc) is 2.62. The van der Waals surface area contributed by atoms with E-state index < -0.39 is 0 Å². The standard InChI is InChI=1S/C12H26N2/c1-6-11-7-13-8-12(11)14(5)10(4)9(2)3/h9-13H,6-8H2,1-5H3. The van der Waals surface area contributed by atoms with Gasteiger partial charge in [0.2, 0.25) is 0 Å². The number of hydrogen-bond donors (Lipinski definition) is 1.